The first-order chi connectivity index (χ1) is 17.3. The summed E-state index contributed by atoms with van der Waals surface area (Å²) in [4.78, 5) is 48.8. The summed E-state index contributed by atoms with van der Waals surface area (Å²) < 4.78 is 16.2. The molecular formula is C23H34N4O10. The molecule has 206 valence electrons. The summed E-state index contributed by atoms with van der Waals surface area (Å²) in [6, 6.07) is 3.44. The van der Waals surface area contributed by atoms with Gasteiger partial charge in [0.15, 0.2) is 6.10 Å². The Hall–Kier alpha value is -3.46. The summed E-state index contributed by atoms with van der Waals surface area (Å²) >= 11 is 0. The van der Waals surface area contributed by atoms with Crippen molar-refractivity contribution in [1.82, 2.24) is 4.90 Å². The van der Waals surface area contributed by atoms with Crippen molar-refractivity contribution in [3.8, 4) is 5.75 Å². The Kier molecular flexibility index (Phi) is 10.6. The number of hydrogen-bond donors (Lipinski definition) is 6. The molecule has 1 saturated heterocycles. The fourth-order valence-electron chi connectivity index (χ4n) is 3.76. The second-order valence-electron chi connectivity index (χ2n) is 8.92. The molecule has 37 heavy (non-hydrogen) atoms. The Morgan fingerprint density at radius 1 is 1.24 bits per heavy atom. The van der Waals surface area contributed by atoms with Gasteiger partial charge in [-0.2, -0.15) is 0 Å². The monoisotopic (exact) mass is 526 g/mol. The number of likely N-dealkylation sites (N-methyl/N-ethyl adjacent to an activating group) is 1. The van der Waals surface area contributed by atoms with Crippen LogP contribution >= 0.6 is 0 Å². The van der Waals surface area contributed by atoms with E-state index in [4.69, 9.17) is 25.7 Å². The number of rotatable bonds is 11. The maximum absolute atomic E-state index is 12.5. The number of benzene rings is 1. The molecule has 0 saturated carbocycles. The lowest BCUT2D eigenvalue weighted by molar-refractivity contribution is -0.238. The number of aliphatic carboxylic acids is 1. The van der Waals surface area contributed by atoms with Crippen molar-refractivity contribution in [2.45, 2.75) is 63.9 Å². The predicted molar refractivity (Wildman–Crippen MR) is 128 cm³/mol. The molecule has 0 unspecified atom stereocenters. The number of ether oxygens (including phenoxy) is 3. The lowest BCUT2D eigenvalue weighted by Gasteiger charge is -2.35. The van der Waals surface area contributed by atoms with Crippen LogP contribution in [0.5, 0.6) is 5.75 Å². The van der Waals surface area contributed by atoms with Crippen molar-refractivity contribution < 1.29 is 48.7 Å². The Labute approximate surface area is 213 Å². The van der Waals surface area contributed by atoms with Crippen LogP contribution in [0.25, 0.3) is 0 Å². The summed E-state index contributed by atoms with van der Waals surface area (Å²) in [5.74, 6) is -2.73. The highest BCUT2D eigenvalue weighted by molar-refractivity contribution is 5.92. The number of carbonyl (C=O) groups is 4. The smallest absolute Gasteiger partial charge is 0.410 e. The van der Waals surface area contributed by atoms with Crippen LogP contribution in [0.3, 0.4) is 0 Å². The van der Waals surface area contributed by atoms with Crippen molar-refractivity contribution in [2.24, 2.45) is 17.4 Å². The highest BCUT2D eigenvalue weighted by atomic mass is 16.7. The van der Waals surface area contributed by atoms with Gasteiger partial charge in [-0.25, -0.2) is 9.59 Å². The van der Waals surface area contributed by atoms with E-state index >= 15 is 0 Å². The molecule has 14 nitrogen and oxygen atoms in total. The van der Waals surface area contributed by atoms with Crippen molar-refractivity contribution >= 4 is 29.6 Å². The molecule has 0 bridgehead atoms. The van der Waals surface area contributed by atoms with E-state index in [1.54, 1.807) is 13.8 Å². The van der Waals surface area contributed by atoms with Gasteiger partial charge in [-0.05, 0) is 23.6 Å². The molecule has 0 aliphatic carbocycles. The molecule has 0 spiro atoms. The van der Waals surface area contributed by atoms with E-state index in [-0.39, 0.29) is 43.3 Å². The van der Waals surface area contributed by atoms with Gasteiger partial charge in [0.05, 0.1) is 11.8 Å². The molecule has 1 aliphatic heterocycles. The van der Waals surface area contributed by atoms with Crippen LogP contribution in [0.15, 0.2) is 18.2 Å². The number of carboxylic acid groups (broad SMARTS) is 1. The standard InChI is InChI=1S/C23H34N4O10/c1-11(2)18(20(25)31)27(3)23(34)35-10-12-4-5-15(13(8-12)26-17(29)6-7-24)36-22-19(30)14(28)9-16(37-22)21(32)33/h4-5,8,11,14,16,18-19,22,28,30H,6-7,9-10,24H2,1-3H3,(H2,25,31)(H,26,29)(H,32,33)/t14-,16-,18-,19+,22+/m0/s1. The average Bonchev–Trinajstić information content (AvgIpc) is 2.81. The van der Waals surface area contributed by atoms with E-state index in [0.717, 1.165) is 4.90 Å². The van der Waals surface area contributed by atoms with Gasteiger partial charge in [0, 0.05) is 26.4 Å². The van der Waals surface area contributed by atoms with Gasteiger partial charge in [0.25, 0.3) is 0 Å². The van der Waals surface area contributed by atoms with Gasteiger partial charge in [0.2, 0.25) is 18.1 Å². The van der Waals surface area contributed by atoms with Crippen LogP contribution in [0.4, 0.5) is 10.5 Å². The number of carboxylic acids is 1. The number of anilines is 1. The zero-order chi connectivity index (χ0) is 27.9. The van der Waals surface area contributed by atoms with E-state index in [1.807, 2.05) is 0 Å². The first-order valence-corrected chi connectivity index (χ1v) is 11.6. The van der Waals surface area contributed by atoms with Gasteiger partial charge in [-0.15, -0.1) is 0 Å². The number of carbonyl (C=O) groups excluding carboxylic acids is 3. The highest BCUT2D eigenvalue weighted by Crippen LogP contribution is 2.31. The Morgan fingerprint density at radius 2 is 1.92 bits per heavy atom. The summed E-state index contributed by atoms with van der Waals surface area (Å²) in [6.07, 6.45) is -7.07. The summed E-state index contributed by atoms with van der Waals surface area (Å²) in [5, 5.41) is 32.1. The van der Waals surface area contributed by atoms with Gasteiger partial charge >= 0.3 is 12.1 Å². The van der Waals surface area contributed by atoms with E-state index in [9.17, 15) is 34.5 Å². The van der Waals surface area contributed by atoms with Crippen LogP contribution in [-0.4, -0.2) is 88.3 Å². The quantitative estimate of drug-likeness (QED) is 0.212. The van der Waals surface area contributed by atoms with Gasteiger partial charge in [-0.3, -0.25) is 14.5 Å². The van der Waals surface area contributed by atoms with E-state index in [0.29, 0.717) is 5.56 Å². The van der Waals surface area contributed by atoms with Gasteiger partial charge in [0.1, 0.15) is 24.5 Å². The molecule has 3 amide bonds. The Morgan fingerprint density at radius 3 is 2.49 bits per heavy atom. The first-order valence-electron chi connectivity index (χ1n) is 11.6. The number of aliphatic hydroxyl groups excluding tert-OH is 2. The van der Waals surface area contributed by atoms with Gasteiger partial charge < -0.3 is 46.3 Å². The zero-order valence-electron chi connectivity index (χ0n) is 20.8. The van der Waals surface area contributed by atoms with E-state index in [2.05, 4.69) is 5.32 Å². The lowest BCUT2D eigenvalue weighted by Crippen LogP contribution is -2.52. The molecule has 2 rings (SSSR count). The summed E-state index contributed by atoms with van der Waals surface area (Å²) in [5.41, 5.74) is 11.3. The van der Waals surface area contributed by atoms with Crippen LogP contribution < -0.4 is 21.5 Å². The van der Waals surface area contributed by atoms with Gasteiger partial charge in [-0.1, -0.05) is 19.9 Å². The third-order valence-electron chi connectivity index (χ3n) is 5.63. The number of nitrogens with zero attached hydrogens (tertiary/aromatic N) is 1. The van der Waals surface area contributed by atoms with Crippen molar-refractivity contribution in [3.05, 3.63) is 23.8 Å². The Balaban J connectivity index is 2.23. The average molecular weight is 527 g/mol. The van der Waals surface area contributed by atoms with Crippen LogP contribution in [0.2, 0.25) is 0 Å². The fraction of sp³-hybridized carbons (Fsp3) is 0.565. The molecule has 0 aromatic heterocycles. The maximum atomic E-state index is 12.5. The minimum Gasteiger partial charge on any atom is -0.479 e. The van der Waals surface area contributed by atoms with Crippen LogP contribution in [0.1, 0.15) is 32.3 Å². The molecule has 1 heterocycles. The number of primary amides is 1. The summed E-state index contributed by atoms with van der Waals surface area (Å²) in [6.45, 7) is 3.30. The van der Waals surface area contributed by atoms with E-state index in [1.165, 1.54) is 25.2 Å². The van der Waals surface area contributed by atoms with Crippen molar-refractivity contribution in [3.63, 3.8) is 0 Å². The van der Waals surface area contributed by atoms with Crippen molar-refractivity contribution in [1.29, 1.82) is 0 Å². The number of amides is 3. The summed E-state index contributed by atoms with van der Waals surface area (Å²) in [7, 11) is 1.39. The largest absolute Gasteiger partial charge is 0.479 e. The molecule has 1 aliphatic rings. The number of nitrogens with two attached hydrogens (primary N) is 2. The highest BCUT2D eigenvalue weighted by Gasteiger charge is 2.41. The third-order valence-corrected chi connectivity index (χ3v) is 5.63. The molecular weight excluding hydrogens is 492 g/mol. The second kappa shape index (κ2) is 13.2. The number of nitrogens with one attached hydrogen (secondary N) is 1. The molecule has 5 atom stereocenters. The van der Waals surface area contributed by atoms with Crippen LogP contribution in [0, 0.1) is 5.92 Å². The van der Waals surface area contributed by atoms with Crippen molar-refractivity contribution in [2.75, 3.05) is 18.9 Å². The normalized spacial score (nSPS) is 22.1. The molecule has 1 aromatic carbocycles. The molecule has 1 fully saturated rings. The topological polar surface area (TPSA) is 224 Å². The first kappa shape index (κ1) is 29.8. The number of aliphatic hydroxyl groups is 2. The zero-order valence-corrected chi connectivity index (χ0v) is 20.8. The van der Waals surface area contributed by atoms with Crippen LogP contribution in [-0.2, 0) is 30.5 Å². The second-order valence-corrected chi connectivity index (χ2v) is 8.92. The fourth-order valence-corrected chi connectivity index (χ4v) is 3.76. The maximum Gasteiger partial charge on any atom is 0.410 e. The SMILES string of the molecule is CC(C)[C@@H](C(N)=O)N(C)C(=O)OCc1ccc(O[C@@H]2O[C@H](C(=O)O)C[C@H](O)[C@H]2O)c(NC(=O)CCN)c1. The lowest BCUT2D eigenvalue weighted by atomic mass is 10.0. The predicted octanol–water partition coefficient (Wildman–Crippen LogP) is -0.648. The molecule has 1 aromatic rings. The molecule has 14 heteroatoms. The Bertz CT molecular complexity index is 988. The minimum atomic E-state index is -1.56. The number of hydrogen-bond acceptors (Lipinski definition) is 10. The molecule has 8 N–H and O–H groups in total. The molecule has 0 radical (unpaired) electrons. The third kappa shape index (κ3) is 8.01. The minimum absolute atomic E-state index is 0.00606. The van der Waals surface area contributed by atoms with E-state index < -0.39 is 54.5 Å².